The molecule has 2 rings (SSSR count). The minimum Gasteiger partial charge on any atom is -0.457 e. The van der Waals surface area contributed by atoms with Crippen LogP contribution in [0.1, 0.15) is 178 Å². The van der Waals surface area contributed by atoms with Crippen molar-refractivity contribution in [3.05, 3.63) is 58.7 Å². The van der Waals surface area contributed by atoms with Gasteiger partial charge in [0.25, 0.3) is 0 Å². The van der Waals surface area contributed by atoms with Crippen molar-refractivity contribution < 1.29 is 4.74 Å². The molecule has 1 nitrogen and oxygen atoms in total. The quantitative estimate of drug-likeness (QED) is 0.104. The van der Waals surface area contributed by atoms with E-state index in [0.29, 0.717) is 0 Å². The number of hydrogen-bond acceptors (Lipinski definition) is 1. The highest BCUT2D eigenvalue weighted by Crippen LogP contribution is 2.37. The van der Waals surface area contributed by atoms with E-state index in [4.69, 9.17) is 4.74 Å². The van der Waals surface area contributed by atoms with Crippen molar-refractivity contribution in [2.75, 3.05) is 0 Å². The first kappa shape index (κ1) is 35.4. The Bertz CT molecular complexity index is 883. The molecule has 2 aromatic rings. The molecule has 0 aliphatic heterocycles. The van der Waals surface area contributed by atoms with Gasteiger partial charge in [-0.1, -0.05) is 149 Å². The third-order valence-corrected chi connectivity index (χ3v) is 8.83. The van der Waals surface area contributed by atoms with Crippen LogP contribution in [0.4, 0.5) is 0 Å². The molecular weight excluding hydrogens is 496 g/mol. The molecular formula is C40H66O. The molecule has 0 atom stereocenters. The zero-order valence-corrected chi connectivity index (χ0v) is 27.8. The van der Waals surface area contributed by atoms with E-state index in [0.717, 1.165) is 17.9 Å². The van der Waals surface area contributed by atoms with Crippen LogP contribution in [0.5, 0.6) is 11.5 Å². The molecule has 0 aliphatic carbocycles. The fourth-order valence-corrected chi connectivity index (χ4v) is 6.31. The van der Waals surface area contributed by atoms with Gasteiger partial charge in [-0.3, -0.25) is 0 Å². The highest BCUT2D eigenvalue weighted by molar-refractivity contribution is 5.52. The molecule has 41 heavy (non-hydrogen) atoms. The van der Waals surface area contributed by atoms with E-state index in [2.05, 4.69) is 64.1 Å². The number of ether oxygens (including phenoxy) is 1. The molecule has 0 saturated heterocycles. The second kappa shape index (κ2) is 23.8. The molecule has 0 aliphatic rings. The molecule has 0 unspecified atom stereocenters. The Hall–Kier alpha value is -1.76. The number of benzene rings is 2. The van der Waals surface area contributed by atoms with Gasteiger partial charge in [-0.15, -0.1) is 0 Å². The van der Waals surface area contributed by atoms with Crippen LogP contribution in [0.15, 0.2) is 36.4 Å². The smallest absolute Gasteiger partial charge is 0.131 e. The first-order chi connectivity index (χ1) is 20.2. The molecule has 0 amide bonds. The van der Waals surface area contributed by atoms with E-state index in [9.17, 15) is 0 Å². The topological polar surface area (TPSA) is 9.23 Å². The van der Waals surface area contributed by atoms with E-state index < -0.39 is 0 Å². The van der Waals surface area contributed by atoms with Crippen LogP contribution in [0.2, 0.25) is 0 Å². The van der Waals surface area contributed by atoms with Crippen molar-refractivity contribution in [1.29, 1.82) is 0 Å². The van der Waals surface area contributed by atoms with Crippen LogP contribution in [0.3, 0.4) is 0 Å². The predicted molar refractivity (Wildman–Crippen MR) is 183 cm³/mol. The normalized spacial score (nSPS) is 11.3. The lowest BCUT2D eigenvalue weighted by Gasteiger charge is -2.23. The molecule has 0 radical (unpaired) electrons. The molecule has 232 valence electrons. The highest BCUT2D eigenvalue weighted by Gasteiger charge is 2.19. The molecule has 1 heteroatoms. The third kappa shape index (κ3) is 14.8. The van der Waals surface area contributed by atoms with Crippen molar-refractivity contribution in [3.8, 4) is 11.5 Å². The van der Waals surface area contributed by atoms with E-state index in [-0.39, 0.29) is 0 Å². The summed E-state index contributed by atoms with van der Waals surface area (Å²) in [6.07, 6.45) is 31.7. The zero-order chi connectivity index (χ0) is 29.4. The summed E-state index contributed by atoms with van der Waals surface area (Å²) in [5, 5.41) is 0. The van der Waals surface area contributed by atoms with Crippen LogP contribution in [-0.2, 0) is 25.7 Å². The summed E-state index contributed by atoms with van der Waals surface area (Å²) in [7, 11) is 0. The molecule has 0 aromatic heterocycles. The fourth-order valence-electron chi connectivity index (χ4n) is 6.31. The average molecular weight is 563 g/mol. The number of unbranched alkanes of at least 4 members (excludes halogenated alkanes) is 16. The summed E-state index contributed by atoms with van der Waals surface area (Å²) in [6, 6.07) is 13.0. The lowest BCUT2D eigenvalue weighted by atomic mass is 9.84. The standard InChI is InChI=1S/C40H66O/c1-5-9-13-17-22-28-35-34-40(41-36-29-23-21-24-30-36)39(33-27-20-16-12-8-4)38(32-26-19-15-11-7-3)37(35)31-25-18-14-10-6-2/h21,23-24,29-30,34H,5-20,22,25-28,31-33H2,1-4H3. The van der Waals surface area contributed by atoms with Gasteiger partial charge in [-0.25, -0.2) is 0 Å². The first-order valence-corrected chi connectivity index (χ1v) is 18.1. The summed E-state index contributed by atoms with van der Waals surface area (Å²) in [4.78, 5) is 0. The Morgan fingerprint density at radius 1 is 0.415 bits per heavy atom. The monoisotopic (exact) mass is 563 g/mol. The Morgan fingerprint density at radius 3 is 1.32 bits per heavy atom. The Morgan fingerprint density at radius 2 is 0.829 bits per heavy atom. The molecule has 0 saturated carbocycles. The SMILES string of the molecule is CCCCCCCc1cc(Oc2ccccc2)c(CCCCCCC)c(CCCCCCC)c1CCCCCCC. The minimum atomic E-state index is 0.981. The van der Waals surface area contributed by atoms with Gasteiger partial charge in [0.15, 0.2) is 0 Å². The maximum atomic E-state index is 6.77. The Labute approximate surface area is 256 Å². The predicted octanol–water partition coefficient (Wildman–Crippen LogP) is 13.5. The number of hydrogen-bond donors (Lipinski definition) is 0. The summed E-state index contributed by atoms with van der Waals surface area (Å²) < 4.78 is 6.77. The molecule has 0 heterocycles. The molecule has 0 bridgehead atoms. The van der Waals surface area contributed by atoms with Crippen molar-refractivity contribution in [1.82, 2.24) is 0 Å². The van der Waals surface area contributed by atoms with Gasteiger partial charge in [0, 0.05) is 0 Å². The Kier molecular flexibility index (Phi) is 20.5. The van der Waals surface area contributed by atoms with Gasteiger partial charge < -0.3 is 4.74 Å². The zero-order valence-electron chi connectivity index (χ0n) is 27.8. The number of para-hydroxylation sites is 1. The molecule has 2 aromatic carbocycles. The number of rotatable bonds is 26. The van der Waals surface area contributed by atoms with Crippen LogP contribution in [0, 0.1) is 0 Å². The van der Waals surface area contributed by atoms with E-state index in [1.807, 2.05) is 0 Å². The molecule has 0 N–H and O–H groups in total. The lowest BCUT2D eigenvalue weighted by Crippen LogP contribution is -2.09. The van der Waals surface area contributed by atoms with Crippen molar-refractivity contribution in [3.63, 3.8) is 0 Å². The first-order valence-electron chi connectivity index (χ1n) is 18.1. The van der Waals surface area contributed by atoms with Gasteiger partial charge in [-0.2, -0.15) is 0 Å². The van der Waals surface area contributed by atoms with E-state index in [1.165, 1.54) is 148 Å². The van der Waals surface area contributed by atoms with Crippen LogP contribution in [0.25, 0.3) is 0 Å². The van der Waals surface area contributed by atoms with Crippen LogP contribution < -0.4 is 4.74 Å². The molecule has 0 spiro atoms. The second-order valence-electron chi connectivity index (χ2n) is 12.5. The van der Waals surface area contributed by atoms with Gasteiger partial charge in [-0.05, 0) is 91.8 Å². The Balaban J connectivity index is 2.45. The van der Waals surface area contributed by atoms with Crippen molar-refractivity contribution in [2.45, 2.75) is 182 Å². The van der Waals surface area contributed by atoms with E-state index >= 15 is 0 Å². The van der Waals surface area contributed by atoms with Crippen LogP contribution in [-0.4, -0.2) is 0 Å². The molecule has 0 fully saturated rings. The maximum Gasteiger partial charge on any atom is 0.131 e. The second-order valence-corrected chi connectivity index (χ2v) is 12.5. The summed E-state index contributed by atoms with van der Waals surface area (Å²) in [5.41, 5.74) is 6.54. The average Bonchev–Trinajstić information content (AvgIpc) is 2.99. The summed E-state index contributed by atoms with van der Waals surface area (Å²) in [6.45, 7) is 9.28. The van der Waals surface area contributed by atoms with E-state index in [1.54, 1.807) is 22.3 Å². The summed E-state index contributed by atoms with van der Waals surface area (Å²) in [5.74, 6) is 2.14. The third-order valence-electron chi connectivity index (χ3n) is 8.83. The van der Waals surface area contributed by atoms with Crippen molar-refractivity contribution >= 4 is 0 Å². The largest absolute Gasteiger partial charge is 0.457 e. The fraction of sp³-hybridized carbons (Fsp3) is 0.700. The van der Waals surface area contributed by atoms with Crippen LogP contribution >= 0.6 is 0 Å². The van der Waals surface area contributed by atoms with Crippen molar-refractivity contribution in [2.24, 2.45) is 0 Å². The maximum absolute atomic E-state index is 6.77. The van der Waals surface area contributed by atoms with Gasteiger partial charge in [0.2, 0.25) is 0 Å². The summed E-state index contributed by atoms with van der Waals surface area (Å²) >= 11 is 0. The highest BCUT2D eigenvalue weighted by atomic mass is 16.5. The minimum absolute atomic E-state index is 0.981. The van der Waals surface area contributed by atoms with Gasteiger partial charge in [0.1, 0.15) is 11.5 Å². The lowest BCUT2D eigenvalue weighted by molar-refractivity contribution is 0.470. The van der Waals surface area contributed by atoms with Gasteiger partial charge >= 0.3 is 0 Å². The number of aryl methyl sites for hydroxylation is 1. The van der Waals surface area contributed by atoms with Gasteiger partial charge in [0.05, 0.1) is 0 Å².